The number of aliphatic hydroxyl groups is 1. The molecule has 9 heteroatoms. The highest BCUT2D eigenvalue weighted by molar-refractivity contribution is 6.49. The van der Waals surface area contributed by atoms with E-state index in [1.165, 1.54) is 38.5 Å². The number of hydrogen-bond acceptors (Lipinski definition) is 6. The number of amides is 2. The Morgan fingerprint density at radius 2 is 1.74 bits per heavy atom. The number of para-hydroxylation sites is 1. The molecule has 2 aliphatic heterocycles. The molecule has 160 valence electrons. The highest BCUT2D eigenvalue weighted by Gasteiger charge is 2.65. The quantitative estimate of drug-likeness (QED) is 0.319. The van der Waals surface area contributed by atoms with E-state index in [4.69, 9.17) is 21.1 Å². The number of methoxy groups -OCH3 is 2. The number of nitrogens with one attached hydrogen (secondary N) is 1. The highest BCUT2D eigenvalue weighted by Crippen LogP contribution is 2.51. The molecule has 2 amide bonds. The zero-order chi connectivity index (χ0) is 22.3. The van der Waals surface area contributed by atoms with E-state index < -0.39 is 35.2 Å². The molecule has 2 heterocycles. The largest absolute Gasteiger partial charge is 0.507 e. The van der Waals surface area contributed by atoms with E-state index in [0.29, 0.717) is 16.3 Å². The lowest BCUT2D eigenvalue weighted by Gasteiger charge is -2.35. The average Bonchev–Trinajstić information content (AvgIpc) is 3.18. The second-order valence-corrected chi connectivity index (χ2v) is 7.52. The second-order valence-electron chi connectivity index (χ2n) is 7.09. The molecule has 0 radical (unpaired) electrons. The molecule has 2 aliphatic rings. The van der Waals surface area contributed by atoms with Crippen LogP contribution in [0.3, 0.4) is 0 Å². The highest BCUT2D eigenvalue weighted by atomic mass is 35.5. The molecule has 1 atom stereocenters. The maximum atomic E-state index is 13.4. The molecule has 1 spiro atoms. The summed E-state index contributed by atoms with van der Waals surface area (Å²) < 4.78 is 10.4. The molecular formula is C22H19ClN2O6. The Morgan fingerprint density at radius 1 is 1.10 bits per heavy atom. The third-order valence-electron chi connectivity index (χ3n) is 5.54. The lowest BCUT2D eigenvalue weighted by molar-refractivity contribution is -0.155. The van der Waals surface area contributed by atoms with E-state index in [1.54, 1.807) is 24.3 Å². The summed E-state index contributed by atoms with van der Waals surface area (Å²) in [4.78, 5) is 40.8. The number of ether oxygens (including phenoxy) is 2. The van der Waals surface area contributed by atoms with Crippen LogP contribution < -0.4 is 5.32 Å². The molecule has 0 aliphatic carbocycles. The number of likely N-dealkylation sites (tertiary alicyclic amines) is 1. The van der Waals surface area contributed by atoms with E-state index in [2.05, 4.69) is 5.32 Å². The lowest BCUT2D eigenvalue weighted by atomic mass is 9.82. The predicted octanol–water partition coefficient (Wildman–Crippen LogP) is 2.49. The van der Waals surface area contributed by atoms with E-state index in [1.807, 2.05) is 0 Å². The van der Waals surface area contributed by atoms with Gasteiger partial charge in [0.2, 0.25) is 0 Å². The van der Waals surface area contributed by atoms with Crippen molar-refractivity contribution in [3.8, 4) is 0 Å². The first-order valence-corrected chi connectivity index (χ1v) is 9.76. The number of carbonyl (C=O) groups is 3. The van der Waals surface area contributed by atoms with Gasteiger partial charge in [0.05, 0.1) is 12.1 Å². The van der Waals surface area contributed by atoms with Gasteiger partial charge >= 0.3 is 0 Å². The minimum atomic E-state index is -1.87. The fourth-order valence-corrected chi connectivity index (χ4v) is 4.21. The van der Waals surface area contributed by atoms with Crippen LogP contribution in [0.2, 0.25) is 5.02 Å². The zero-order valence-electron chi connectivity index (χ0n) is 16.7. The molecule has 0 bridgehead atoms. The number of aliphatic hydroxyl groups excluding tert-OH is 1. The molecule has 1 unspecified atom stereocenters. The molecule has 2 aromatic carbocycles. The number of Topliss-reactive ketones (excluding diaryl/α,β-unsaturated/α-hetero) is 1. The van der Waals surface area contributed by atoms with Gasteiger partial charge in [-0.2, -0.15) is 0 Å². The zero-order valence-corrected chi connectivity index (χ0v) is 17.5. The summed E-state index contributed by atoms with van der Waals surface area (Å²) in [5.41, 5.74) is -1.14. The second kappa shape index (κ2) is 7.81. The number of nitrogens with zero attached hydrogens (tertiary/aromatic N) is 1. The van der Waals surface area contributed by atoms with Gasteiger partial charge in [-0.15, -0.1) is 0 Å². The predicted molar refractivity (Wildman–Crippen MR) is 112 cm³/mol. The Hall–Kier alpha value is -3.20. The van der Waals surface area contributed by atoms with Crippen molar-refractivity contribution < 1.29 is 29.0 Å². The molecule has 0 saturated carbocycles. The minimum Gasteiger partial charge on any atom is -0.507 e. The first-order valence-electron chi connectivity index (χ1n) is 9.38. The third kappa shape index (κ3) is 3.03. The smallest absolute Gasteiger partial charge is 0.296 e. The maximum Gasteiger partial charge on any atom is 0.296 e. The first kappa shape index (κ1) is 21.0. The van der Waals surface area contributed by atoms with Crippen LogP contribution in [0.5, 0.6) is 0 Å². The van der Waals surface area contributed by atoms with E-state index >= 15 is 0 Å². The molecule has 2 aromatic rings. The van der Waals surface area contributed by atoms with Crippen molar-refractivity contribution in [3.63, 3.8) is 0 Å². The summed E-state index contributed by atoms with van der Waals surface area (Å²) >= 11 is 5.93. The van der Waals surface area contributed by atoms with Gasteiger partial charge in [-0.25, -0.2) is 0 Å². The fourth-order valence-electron chi connectivity index (χ4n) is 4.09. The summed E-state index contributed by atoms with van der Waals surface area (Å²) in [7, 11) is 2.77. The van der Waals surface area contributed by atoms with Crippen LogP contribution in [-0.2, 0) is 29.4 Å². The summed E-state index contributed by atoms with van der Waals surface area (Å²) in [6.45, 7) is -0.212. The SMILES string of the molecule is COC(CN1C(=O)C(=O)C(=C(O)c2ccc(Cl)cc2)C12C(=O)Nc1ccccc12)OC. The molecule has 4 rings (SSSR count). The lowest BCUT2D eigenvalue weighted by Crippen LogP contribution is -2.52. The number of fused-ring (bicyclic) bond motifs is 2. The summed E-state index contributed by atoms with van der Waals surface area (Å²) in [5.74, 6) is -3.03. The van der Waals surface area contributed by atoms with E-state index in [0.717, 1.165) is 4.90 Å². The van der Waals surface area contributed by atoms with Gasteiger partial charge in [0.25, 0.3) is 17.6 Å². The van der Waals surface area contributed by atoms with Gasteiger partial charge < -0.3 is 24.8 Å². The Labute approximate surface area is 183 Å². The van der Waals surface area contributed by atoms with Crippen molar-refractivity contribution in [2.45, 2.75) is 11.8 Å². The molecule has 1 fully saturated rings. The van der Waals surface area contributed by atoms with Gasteiger partial charge in [0.15, 0.2) is 11.8 Å². The number of hydrogen-bond donors (Lipinski definition) is 2. The Bertz CT molecular complexity index is 1110. The number of anilines is 1. The molecule has 0 aromatic heterocycles. The van der Waals surface area contributed by atoms with Crippen molar-refractivity contribution in [2.24, 2.45) is 0 Å². The van der Waals surface area contributed by atoms with Crippen molar-refractivity contribution in [3.05, 3.63) is 70.3 Å². The minimum absolute atomic E-state index is 0.212. The van der Waals surface area contributed by atoms with Gasteiger partial charge in [-0.05, 0) is 30.3 Å². The molecule has 1 saturated heterocycles. The number of carbonyl (C=O) groups excluding carboxylic acids is 3. The standard InChI is InChI=1S/C22H19ClN2O6/c1-30-16(31-2)11-25-20(28)19(27)17(18(26)12-7-9-13(23)10-8-12)22(25)14-5-3-4-6-15(14)24-21(22)29/h3-10,16,26H,11H2,1-2H3,(H,24,29). The van der Waals surface area contributed by atoms with Gasteiger partial charge in [0, 0.05) is 36.1 Å². The van der Waals surface area contributed by atoms with Crippen molar-refractivity contribution >= 4 is 40.6 Å². The summed E-state index contributed by atoms with van der Waals surface area (Å²) in [6.07, 6.45) is -0.897. The van der Waals surface area contributed by atoms with Crippen LogP contribution in [0, 0.1) is 0 Å². The average molecular weight is 443 g/mol. The van der Waals surface area contributed by atoms with Crippen molar-refractivity contribution in [1.82, 2.24) is 4.90 Å². The van der Waals surface area contributed by atoms with E-state index in [-0.39, 0.29) is 17.7 Å². The number of rotatable bonds is 5. The first-order chi connectivity index (χ1) is 14.9. The molecule has 2 N–H and O–H groups in total. The number of benzene rings is 2. The third-order valence-corrected chi connectivity index (χ3v) is 5.79. The normalized spacial score (nSPS) is 21.8. The van der Waals surface area contributed by atoms with Crippen LogP contribution in [0.1, 0.15) is 11.1 Å². The van der Waals surface area contributed by atoms with Crippen LogP contribution >= 0.6 is 11.6 Å². The fraction of sp³-hybridized carbons (Fsp3) is 0.227. The molecule has 8 nitrogen and oxygen atoms in total. The summed E-state index contributed by atoms with van der Waals surface area (Å²) in [6, 6.07) is 12.8. The van der Waals surface area contributed by atoms with E-state index in [9.17, 15) is 19.5 Å². The maximum absolute atomic E-state index is 13.4. The van der Waals surface area contributed by atoms with Crippen LogP contribution in [-0.4, -0.2) is 54.7 Å². The van der Waals surface area contributed by atoms with Crippen LogP contribution in [0.25, 0.3) is 5.76 Å². The Balaban J connectivity index is 2.01. The van der Waals surface area contributed by atoms with Crippen LogP contribution in [0.4, 0.5) is 5.69 Å². The monoisotopic (exact) mass is 442 g/mol. The summed E-state index contributed by atoms with van der Waals surface area (Å²) in [5, 5.41) is 14.3. The molecular weight excluding hydrogens is 424 g/mol. The van der Waals surface area contributed by atoms with Crippen molar-refractivity contribution in [2.75, 3.05) is 26.1 Å². The topological polar surface area (TPSA) is 105 Å². The Kier molecular flexibility index (Phi) is 5.30. The van der Waals surface area contributed by atoms with Crippen molar-refractivity contribution in [1.29, 1.82) is 0 Å². The van der Waals surface area contributed by atoms with Gasteiger partial charge in [-0.3, -0.25) is 14.4 Å². The van der Waals surface area contributed by atoms with Gasteiger partial charge in [0.1, 0.15) is 5.76 Å². The Morgan fingerprint density at radius 3 is 2.39 bits per heavy atom. The van der Waals surface area contributed by atoms with Crippen LogP contribution in [0.15, 0.2) is 54.1 Å². The number of halogens is 1. The number of ketones is 1. The van der Waals surface area contributed by atoms with Gasteiger partial charge in [-0.1, -0.05) is 29.8 Å². The molecule has 31 heavy (non-hydrogen) atoms.